The van der Waals surface area contributed by atoms with Crippen molar-refractivity contribution < 1.29 is 13.9 Å². The highest BCUT2D eigenvalue weighted by atomic mass is 35.5. The summed E-state index contributed by atoms with van der Waals surface area (Å²) >= 11 is 12.3. The van der Waals surface area contributed by atoms with E-state index >= 15 is 0 Å². The largest absolute Gasteiger partial charge is 0.493 e. The minimum absolute atomic E-state index is 0.118. The molecule has 6 heteroatoms. The van der Waals surface area contributed by atoms with E-state index in [0.29, 0.717) is 40.5 Å². The van der Waals surface area contributed by atoms with E-state index in [1.54, 1.807) is 12.1 Å². The second kappa shape index (κ2) is 9.25. The summed E-state index contributed by atoms with van der Waals surface area (Å²) in [6.07, 6.45) is 4.77. The van der Waals surface area contributed by atoms with Crippen molar-refractivity contribution in [3.05, 3.63) is 62.9 Å². The zero-order valence-electron chi connectivity index (χ0n) is 17.0. The Morgan fingerprint density at radius 1 is 1.10 bits per heavy atom. The summed E-state index contributed by atoms with van der Waals surface area (Å²) in [5.74, 6) is 0.918. The van der Waals surface area contributed by atoms with Crippen LogP contribution in [0, 0.1) is 11.7 Å². The molecule has 0 amide bonds. The maximum Gasteiger partial charge on any atom is 0.153 e. The third kappa shape index (κ3) is 4.99. The van der Waals surface area contributed by atoms with Gasteiger partial charge < -0.3 is 4.74 Å². The summed E-state index contributed by atoms with van der Waals surface area (Å²) in [7, 11) is 0. The molecule has 0 spiro atoms. The number of rotatable bonds is 7. The molecule has 0 bridgehead atoms. The first-order valence-electron chi connectivity index (χ1n) is 10.6. The first-order chi connectivity index (χ1) is 14.4. The Balaban J connectivity index is 1.34. The minimum atomic E-state index is -0.506. The summed E-state index contributed by atoms with van der Waals surface area (Å²) in [5.41, 5.74) is 2.22. The molecule has 1 aliphatic carbocycles. The fraction of sp³-hybridized carbons (Fsp3) is 0.458. The van der Waals surface area contributed by atoms with Crippen LogP contribution in [0.2, 0.25) is 10.0 Å². The van der Waals surface area contributed by atoms with E-state index in [4.69, 9.17) is 27.9 Å². The fourth-order valence-corrected chi connectivity index (χ4v) is 4.80. The van der Waals surface area contributed by atoms with Crippen molar-refractivity contribution in [3.8, 4) is 5.75 Å². The lowest BCUT2D eigenvalue weighted by Gasteiger charge is -2.36. The van der Waals surface area contributed by atoms with Crippen molar-refractivity contribution >= 4 is 29.5 Å². The topological polar surface area (TPSA) is 29.5 Å². The number of ether oxygens (including phenoxy) is 1. The van der Waals surface area contributed by atoms with Crippen LogP contribution >= 0.6 is 23.2 Å². The number of benzene rings is 2. The molecule has 1 heterocycles. The van der Waals surface area contributed by atoms with Gasteiger partial charge >= 0.3 is 0 Å². The van der Waals surface area contributed by atoms with Crippen LogP contribution in [0.3, 0.4) is 0 Å². The van der Waals surface area contributed by atoms with E-state index in [2.05, 4.69) is 11.8 Å². The van der Waals surface area contributed by atoms with Crippen molar-refractivity contribution in [3.63, 3.8) is 0 Å². The van der Waals surface area contributed by atoms with Gasteiger partial charge in [-0.3, -0.25) is 9.69 Å². The summed E-state index contributed by atoms with van der Waals surface area (Å²) in [6.45, 7) is 4.68. The van der Waals surface area contributed by atoms with Gasteiger partial charge in [-0.25, -0.2) is 4.39 Å². The van der Waals surface area contributed by atoms with E-state index < -0.39 is 5.82 Å². The smallest absolute Gasteiger partial charge is 0.153 e. The predicted octanol–water partition coefficient (Wildman–Crippen LogP) is 6.67. The molecule has 0 radical (unpaired) electrons. The van der Waals surface area contributed by atoms with Gasteiger partial charge in [-0.15, -0.1) is 0 Å². The molecule has 1 atom stereocenters. The molecule has 2 aromatic carbocycles. The Labute approximate surface area is 187 Å². The SMILES string of the molecule is CC(c1cc(Cl)cc(Cl)c1)N1CCC(COc2cc(F)c(C=O)cc2C2CC2)CC1. The molecule has 4 rings (SSSR count). The van der Waals surface area contributed by atoms with E-state index in [1.807, 2.05) is 12.1 Å². The number of hydrogen-bond donors (Lipinski definition) is 0. The van der Waals surface area contributed by atoms with Crippen LogP contribution in [0.25, 0.3) is 0 Å². The summed E-state index contributed by atoms with van der Waals surface area (Å²) in [5, 5.41) is 1.32. The molecule has 160 valence electrons. The molecule has 30 heavy (non-hydrogen) atoms. The summed E-state index contributed by atoms with van der Waals surface area (Å²) < 4.78 is 20.2. The van der Waals surface area contributed by atoms with Gasteiger partial charge in [0.05, 0.1) is 12.2 Å². The summed E-state index contributed by atoms with van der Waals surface area (Å²) in [6, 6.07) is 9.00. The van der Waals surface area contributed by atoms with Crippen LogP contribution in [0.4, 0.5) is 4.39 Å². The fourth-order valence-electron chi connectivity index (χ4n) is 4.26. The molecule has 1 aliphatic heterocycles. The zero-order chi connectivity index (χ0) is 21.3. The van der Waals surface area contributed by atoms with Crippen LogP contribution in [0.5, 0.6) is 5.75 Å². The molecule has 1 saturated heterocycles. The Hall–Kier alpha value is -1.62. The highest BCUT2D eigenvalue weighted by molar-refractivity contribution is 6.34. The second-order valence-electron chi connectivity index (χ2n) is 8.47. The van der Waals surface area contributed by atoms with E-state index in [1.165, 1.54) is 6.07 Å². The number of piperidine rings is 1. The Kier molecular flexibility index (Phi) is 6.66. The average molecular weight is 450 g/mol. The van der Waals surface area contributed by atoms with E-state index in [0.717, 1.165) is 49.9 Å². The van der Waals surface area contributed by atoms with Crippen LogP contribution < -0.4 is 4.74 Å². The number of carbonyl (C=O) groups is 1. The van der Waals surface area contributed by atoms with Gasteiger partial charge in [-0.1, -0.05) is 23.2 Å². The van der Waals surface area contributed by atoms with Gasteiger partial charge in [0.1, 0.15) is 11.6 Å². The minimum Gasteiger partial charge on any atom is -0.493 e. The van der Waals surface area contributed by atoms with Crippen molar-refractivity contribution in [2.45, 2.75) is 44.6 Å². The Bertz CT molecular complexity index is 903. The third-order valence-corrected chi connectivity index (χ3v) is 6.75. The van der Waals surface area contributed by atoms with Crippen LogP contribution in [0.1, 0.15) is 66.1 Å². The van der Waals surface area contributed by atoms with Gasteiger partial charge in [0.15, 0.2) is 6.29 Å². The van der Waals surface area contributed by atoms with Gasteiger partial charge in [-0.2, -0.15) is 0 Å². The Morgan fingerprint density at radius 2 is 1.77 bits per heavy atom. The first kappa shape index (κ1) is 21.6. The lowest BCUT2D eigenvalue weighted by molar-refractivity contribution is 0.111. The maximum atomic E-state index is 14.1. The number of aldehydes is 1. The molecular formula is C24H26Cl2FNO2. The van der Waals surface area contributed by atoms with Crippen LogP contribution in [0.15, 0.2) is 30.3 Å². The molecule has 2 aromatic rings. The van der Waals surface area contributed by atoms with Gasteiger partial charge in [-0.05, 0) is 92.9 Å². The van der Waals surface area contributed by atoms with Crippen LogP contribution in [-0.4, -0.2) is 30.9 Å². The highest BCUT2D eigenvalue weighted by Crippen LogP contribution is 2.45. The second-order valence-corrected chi connectivity index (χ2v) is 9.35. The molecule has 0 N–H and O–H groups in total. The Morgan fingerprint density at radius 3 is 2.37 bits per heavy atom. The lowest BCUT2D eigenvalue weighted by atomic mass is 9.95. The summed E-state index contributed by atoms with van der Waals surface area (Å²) in [4.78, 5) is 13.5. The van der Waals surface area contributed by atoms with Gasteiger partial charge in [0, 0.05) is 22.2 Å². The predicted molar refractivity (Wildman–Crippen MR) is 118 cm³/mol. The lowest BCUT2D eigenvalue weighted by Crippen LogP contribution is -2.37. The monoisotopic (exact) mass is 449 g/mol. The first-order valence-corrected chi connectivity index (χ1v) is 11.3. The molecule has 2 aliphatic rings. The van der Waals surface area contributed by atoms with Crippen molar-refractivity contribution in [2.24, 2.45) is 5.92 Å². The maximum absolute atomic E-state index is 14.1. The number of carbonyl (C=O) groups excluding carboxylic acids is 1. The number of halogens is 3. The normalized spacial score (nSPS) is 18.9. The zero-order valence-corrected chi connectivity index (χ0v) is 18.6. The number of hydrogen-bond acceptors (Lipinski definition) is 3. The van der Waals surface area contributed by atoms with Gasteiger partial charge in [0.2, 0.25) is 0 Å². The average Bonchev–Trinajstić information content (AvgIpc) is 3.56. The molecule has 3 nitrogen and oxygen atoms in total. The van der Waals surface area contributed by atoms with Crippen molar-refractivity contribution in [1.82, 2.24) is 4.90 Å². The van der Waals surface area contributed by atoms with Crippen molar-refractivity contribution in [2.75, 3.05) is 19.7 Å². The molecular weight excluding hydrogens is 424 g/mol. The van der Waals surface area contributed by atoms with Crippen LogP contribution in [-0.2, 0) is 0 Å². The van der Waals surface area contributed by atoms with Crippen molar-refractivity contribution in [1.29, 1.82) is 0 Å². The third-order valence-electron chi connectivity index (χ3n) is 6.31. The molecule has 1 saturated carbocycles. The molecule has 2 fully saturated rings. The quantitative estimate of drug-likeness (QED) is 0.441. The highest BCUT2D eigenvalue weighted by Gasteiger charge is 2.29. The molecule has 0 aromatic heterocycles. The number of likely N-dealkylation sites (tertiary alicyclic amines) is 1. The number of nitrogens with zero attached hydrogens (tertiary/aromatic N) is 1. The standard InChI is InChI=1S/C24H26Cl2FNO2/c1-15(18-8-20(25)11-21(26)9-18)28-6-4-16(5-7-28)14-30-24-12-23(27)19(13-29)10-22(24)17-2-3-17/h8-13,15-17H,2-7,14H2,1H3. The molecule has 1 unspecified atom stereocenters. The van der Waals surface area contributed by atoms with E-state index in [-0.39, 0.29) is 11.6 Å². The van der Waals surface area contributed by atoms with E-state index in [9.17, 15) is 9.18 Å². The van der Waals surface area contributed by atoms with Gasteiger partial charge in [0.25, 0.3) is 0 Å².